The highest BCUT2D eigenvalue weighted by Crippen LogP contribution is 2.40. The molecular formula is C19H18N2O2. The molecule has 0 unspecified atom stereocenters. The topological polar surface area (TPSA) is 66.0 Å². The highest BCUT2D eigenvalue weighted by atomic mass is 16.5. The first-order valence-corrected chi connectivity index (χ1v) is 7.28. The van der Waals surface area contributed by atoms with Gasteiger partial charge in [0.05, 0.1) is 32.3 Å². The lowest BCUT2D eigenvalue weighted by Gasteiger charge is -2.22. The van der Waals surface area contributed by atoms with E-state index in [1.165, 1.54) is 0 Å². The van der Waals surface area contributed by atoms with E-state index < -0.39 is 5.92 Å². The van der Waals surface area contributed by atoms with Gasteiger partial charge >= 0.3 is 0 Å². The van der Waals surface area contributed by atoms with E-state index in [-0.39, 0.29) is 12.3 Å². The number of hydrogen-bond donors (Lipinski definition) is 0. The van der Waals surface area contributed by atoms with E-state index in [1.54, 1.807) is 20.3 Å². The molecule has 4 nitrogen and oxygen atoms in total. The molecular weight excluding hydrogens is 288 g/mol. The Kier molecular flexibility index (Phi) is 5.61. The highest BCUT2D eigenvalue weighted by Gasteiger charge is 2.27. The van der Waals surface area contributed by atoms with Crippen LogP contribution >= 0.6 is 0 Å². The molecule has 0 amide bonds. The summed E-state index contributed by atoms with van der Waals surface area (Å²) >= 11 is 0. The van der Waals surface area contributed by atoms with Gasteiger partial charge < -0.3 is 9.47 Å². The summed E-state index contributed by atoms with van der Waals surface area (Å²) in [6.45, 7) is 0. The average Bonchev–Trinajstić information content (AvgIpc) is 2.62. The molecule has 116 valence electrons. The molecule has 0 radical (unpaired) electrons. The standard InChI is InChI=1S/C19H18N2O2/c1-22-15-8-9-17(19(12-15)23-2)16(10-11-20)18(13-21)14-6-4-3-5-7-14/h3-9,12,16,18H,10H2,1-2H3/t16-,18+/m0/s1. The van der Waals surface area contributed by atoms with Crippen molar-refractivity contribution in [3.05, 3.63) is 59.7 Å². The molecule has 2 atom stereocenters. The van der Waals surface area contributed by atoms with Crippen LogP contribution in [-0.4, -0.2) is 14.2 Å². The van der Waals surface area contributed by atoms with E-state index in [0.717, 1.165) is 11.1 Å². The number of nitrogens with zero attached hydrogens (tertiary/aromatic N) is 2. The SMILES string of the molecule is COc1ccc([C@H](CC#N)[C@H](C#N)c2ccccc2)c(OC)c1. The molecule has 0 aliphatic carbocycles. The lowest BCUT2D eigenvalue weighted by atomic mass is 9.80. The Morgan fingerprint density at radius 3 is 2.30 bits per heavy atom. The molecule has 2 aromatic carbocycles. The first-order chi connectivity index (χ1) is 11.2. The van der Waals surface area contributed by atoms with Crippen LogP contribution in [0.2, 0.25) is 0 Å². The van der Waals surface area contributed by atoms with Crippen molar-refractivity contribution < 1.29 is 9.47 Å². The molecule has 0 N–H and O–H groups in total. The fourth-order valence-electron chi connectivity index (χ4n) is 2.69. The zero-order chi connectivity index (χ0) is 16.7. The Hall–Kier alpha value is -2.98. The van der Waals surface area contributed by atoms with Gasteiger partial charge in [0, 0.05) is 24.0 Å². The van der Waals surface area contributed by atoms with Gasteiger partial charge in [0.15, 0.2) is 0 Å². The van der Waals surface area contributed by atoms with E-state index in [2.05, 4.69) is 12.1 Å². The number of methoxy groups -OCH3 is 2. The minimum atomic E-state index is -0.418. The van der Waals surface area contributed by atoms with Crippen molar-refractivity contribution >= 4 is 0 Å². The zero-order valence-corrected chi connectivity index (χ0v) is 13.2. The third-order valence-corrected chi connectivity index (χ3v) is 3.85. The van der Waals surface area contributed by atoms with Crippen molar-refractivity contribution in [1.29, 1.82) is 10.5 Å². The van der Waals surface area contributed by atoms with Crippen LogP contribution in [0.15, 0.2) is 48.5 Å². The summed E-state index contributed by atoms with van der Waals surface area (Å²) in [6.07, 6.45) is 0.232. The van der Waals surface area contributed by atoms with Crippen molar-refractivity contribution in [3.63, 3.8) is 0 Å². The predicted octanol–water partition coefficient (Wildman–Crippen LogP) is 4.01. The molecule has 0 saturated heterocycles. The van der Waals surface area contributed by atoms with Gasteiger partial charge in [-0.25, -0.2) is 0 Å². The third kappa shape index (κ3) is 3.62. The second-order valence-electron chi connectivity index (χ2n) is 5.09. The third-order valence-electron chi connectivity index (χ3n) is 3.85. The van der Waals surface area contributed by atoms with Gasteiger partial charge in [-0.05, 0) is 11.6 Å². The summed E-state index contributed by atoms with van der Waals surface area (Å²) in [4.78, 5) is 0. The van der Waals surface area contributed by atoms with Crippen molar-refractivity contribution in [1.82, 2.24) is 0 Å². The molecule has 2 rings (SSSR count). The normalized spacial score (nSPS) is 12.5. The van der Waals surface area contributed by atoms with E-state index in [4.69, 9.17) is 9.47 Å². The molecule has 23 heavy (non-hydrogen) atoms. The number of benzene rings is 2. The van der Waals surface area contributed by atoms with E-state index >= 15 is 0 Å². The number of hydrogen-bond acceptors (Lipinski definition) is 4. The van der Waals surface area contributed by atoms with Gasteiger partial charge in [-0.1, -0.05) is 36.4 Å². The highest BCUT2D eigenvalue weighted by molar-refractivity contribution is 5.46. The monoisotopic (exact) mass is 306 g/mol. The van der Waals surface area contributed by atoms with Crippen molar-refractivity contribution in [2.75, 3.05) is 14.2 Å². The maximum atomic E-state index is 9.68. The summed E-state index contributed by atoms with van der Waals surface area (Å²) in [5.41, 5.74) is 1.73. The summed E-state index contributed by atoms with van der Waals surface area (Å²) in [6, 6.07) is 19.5. The summed E-state index contributed by atoms with van der Waals surface area (Å²) in [5, 5.41) is 18.9. The molecule has 4 heteroatoms. The lowest BCUT2D eigenvalue weighted by molar-refractivity contribution is 0.387. The Bertz CT molecular complexity index is 729. The molecule has 0 heterocycles. The van der Waals surface area contributed by atoms with Crippen molar-refractivity contribution in [3.8, 4) is 23.6 Å². The Balaban J connectivity index is 2.50. The minimum Gasteiger partial charge on any atom is -0.497 e. The van der Waals surface area contributed by atoms with Crippen LogP contribution in [0.3, 0.4) is 0 Å². The molecule has 0 spiro atoms. The van der Waals surface area contributed by atoms with Crippen LogP contribution in [0, 0.1) is 22.7 Å². The molecule has 0 fully saturated rings. The van der Waals surface area contributed by atoms with E-state index in [1.807, 2.05) is 42.5 Å². The zero-order valence-electron chi connectivity index (χ0n) is 13.2. The van der Waals surface area contributed by atoms with Gasteiger partial charge in [0.1, 0.15) is 11.5 Å². The maximum Gasteiger partial charge on any atom is 0.126 e. The van der Waals surface area contributed by atoms with Crippen LogP contribution in [0.25, 0.3) is 0 Å². The first kappa shape index (κ1) is 16.4. The van der Waals surface area contributed by atoms with Crippen LogP contribution < -0.4 is 9.47 Å². The fourth-order valence-corrected chi connectivity index (χ4v) is 2.69. The fraction of sp³-hybridized carbons (Fsp3) is 0.263. The van der Waals surface area contributed by atoms with Gasteiger partial charge in [0.2, 0.25) is 0 Å². The Morgan fingerprint density at radius 1 is 1.00 bits per heavy atom. The predicted molar refractivity (Wildman–Crippen MR) is 87.3 cm³/mol. The van der Waals surface area contributed by atoms with Crippen LogP contribution in [0.4, 0.5) is 0 Å². The number of ether oxygens (including phenoxy) is 2. The van der Waals surface area contributed by atoms with Gasteiger partial charge in [-0.15, -0.1) is 0 Å². The van der Waals surface area contributed by atoms with Crippen LogP contribution in [0.5, 0.6) is 11.5 Å². The van der Waals surface area contributed by atoms with Crippen molar-refractivity contribution in [2.24, 2.45) is 0 Å². The summed E-state index contributed by atoms with van der Waals surface area (Å²) < 4.78 is 10.7. The first-order valence-electron chi connectivity index (χ1n) is 7.28. The molecule has 0 aliphatic rings. The second kappa shape index (κ2) is 7.87. The molecule has 2 aromatic rings. The van der Waals surface area contributed by atoms with E-state index in [9.17, 15) is 10.5 Å². The molecule has 0 bridgehead atoms. The summed E-state index contributed by atoms with van der Waals surface area (Å²) in [7, 11) is 3.16. The Labute approximate surface area is 136 Å². The molecule has 0 saturated carbocycles. The summed E-state index contributed by atoms with van der Waals surface area (Å²) in [5.74, 6) is 0.613. The number of rotatable bonds is 6. The smallest absolute Gasteiger partial charge is 0.126 e. The lowest BCUT2D eigenvalue weighted by Crippen LogP contribution is -2.11. The Morgan fingerprint density at radius 2 is 1.74 bits per heavy atom. The van der Waals surface area contributed by atoms with Gasteiger partial charge in [-0.3, -0.25) is 0 Å². The van der Waals surface area contributed by atoms with Gasteiger partial charge in [0.25, 0.3) is 0 Å². The second-order valence-corrected chi connectivity index (χ2v) is 5.09. The van der Waals surface area contributed by atoms with Crippen LogP contribution in [0.1, 0.15) is 29.4 Å². The molecule has 0 aliphatic heterocycles. The quantitative estimate of drug-likeness (QED) is 0.808. The maximum absolute atomic E-state index is 9.68. The van der Waals surface area contributed by atoms with Crippen LogP contribution in [-0.2, 0) is 0 Å². The van der Waals surface area contributed by atoms with E-state index in [0.29, 0.717) is 11.5 Å². The average molecular weight is 306 g/mol. The van der Waals surface area contributed by atoms with Crippen molar-refractivity contribution in [2.45, 2.75) is 18.3 Å². The minimum absolute atomic E-state index is 0.232. The van der Waals surface area contributed by atoms with Gasteiger partial charge in [-0.2, -0.15) is 10.5 Å². The largest absolute Gasteiger partial charge is 0.497 e. The number of nitriles is 2. The molecule has 0 aromatic heterocycles.